The van der Waals surface area contributed by atoms with E-state index in [-0.39, 0.29) is 18.5 Å². The summed E-state index contributed by atoms with van der Waals surface area (Å²) in [5.74, 6) is 1.36. The average molecular weight is 234 g/mol. The van der Waals surface area contributed by atoms with Gasteiger partial charge in [0.2, 0.25) is 5.78 Å². The Labute approximate surface area is 99.2 Å². The molecule has 4 nitrogen and oxygen atoms in total. The lowest BCUT2D eigenvalue weighted by molar-refractivity contribution is -0.0229. The highest BCUT2D eigenvalue weighted by Gasteiger charge is 2.38. The quantitative estimate of drug-likeness (QED) is 0.796. The van der Waals surface area contributed by atoms with Crippen molar-refractivity contribution < 1.29 is 19.4 Å². The smallest absolute Gasteiger partial charge is 0.203 e. The summed E-state index contributed by atoms with van der Waals surface area (Å²) < 4.78 is 11.1. The molecule has 0 aromatic heterocycles. The van der Waals surface area contributed by atoms with E-state index in [1.165, 1.54) is 0 Å². The Bertz CT molecular complexity index is 499. The van der Waals surface area contributed by atoms with Gasteiger partial charge in [-0.1, -0.05) is 0 Å². The van der Waals surface area contributed by atoms with E-state index in [2.05, 4.69) is 0 Å². The van der Waals surface area contributed by atoms with Gasteiger partial charge in [0.15, 0.2) is 6.61 Å². The van der Waals surface area contributed by atoms with E-state index in [9.17, 15) is 9.90 Å². The predicted octanol–water partition coefficient (Wildman–Crippen LogP) is 1.34. The van der Waals surface area contributed by atoms with Crippen molar-refractivity contribution in [2.45, 2.75) is 32.0 Å². The third-order valence-corrected chi connectivity index (χ3v) is 3.31. The summed E-state index contributed by atoms with van der Waals surface area (Å²) in [5.41, 5.74) is 0.623. The minimum absolute atomic E-state index is 0.00880. The van der Waals surface area contributed by atoms with E-state index in [0.29, 0.717) is 23.5 Å². The van der Waals surface area contributed by atoms with Gasteiger partial charge >= 0.3 is 0 Å². The SMILES string of the molecule is CC(C)(O)[C@H]1Cc2c(ccc3c2OCC3=O)O1. The molecule has 0 radical (unpaired) electrons. The summed E-state index contributed by atoms with van der Waals surface area (Å²) in [7, 11) is 0. The molecule has 90 valence electrons. The number of ketones is 1. The summed E-state index contributed by atoms with van der Waals surface area (Å²) in [6.07, 6.45) is 0.290. The van der Waals surface area contributed by atoms with Crippen LogP contribution in [-0.2, 0) is 6.42 Å². The maximum absolute atomic E-state index is 11.5. The lowest BCUT2D eigenvalue weighted by Gasteiger charge is -2.24. The Morgan fingerprint density at radius 2 is 2.18 bits per heavy atom. The first-order valence-electron chi connectivity index (χ1n) is 5.68. The van der Waals surface area contributed by atoms with Crippen LogP contribution in [0.4, 0.5) is 0 Å². The van der Waals surface area contributed by atoms with Crippen LogP contribution in [0.25, 0.3) is 0 Å². The van der Waals surface area contributed by atoms with Gasteiger partial charge in [0.25, 0.3) is 0 Å². The van der Waals surface area contributed by atoms with Crippen molar-refractivity contribution >= 4 is 5.78 Å². The summed E-state index contributed by atoms with van der Waals surface area (Å²) in [6.45, 7) is 3.55. The first kappa shape index (κ1) is 10.6. The maximum Gasteiger partial charge on any atom is 0.203 e. The highest BCUT2D eigenvalue weighted by Crippen LogP contribution is 2.42. The molecule has 1 aromatic rings. The zero-order chi connectivity index (χ0) is 12.2. The molecular formula is C13H14O4. The molecule has 0 aliphatic carbocycles. The predicted molar refractivity (Wildman–Crippen MR) is 60.7 cm³/mol. The van der Waals surface area contributed by atoms with E-state index in [4.69, 9.17) is 9.47 Å². The van der Waals surface area contributed by atoms with Gasteiger partial charge in [0, 0.05) is 12.0 Å². The summed E-state index contributed by atoms with van der Waals surface area (Å²) in [6, 6.07) is 3.52. The zero-order valence-corrected chi connectivity index (χ0v) is 9.82. The van der Waals surface area contributed by atoms with Crippen molar-refractivity contribution in [2.75, 3.05) is 6.61 Å². The molecule has 2 aliphatic heterocycles. The maximum atomic E-state index is 11.5. The highest BCUT2D eigenvalue weighted by molar-refractivity contribution is 6.03. The van der Waals surface area contributed by atoms with Gasteiger partial charge in [-0.05, 0) is 26.0 Å². The summed E-state index contributed by atoms with van der Waals surface area (Å²) >= 11 is 0. The van der Waals surface area contributed by atoms with Crippen molar-refractivity contribution in [1.29, 1.82) is 0 Å². The second kappa shape index (κ2) is 3.23. The fourth-order valence-corrected chi connectivity index (χ4v) is 2.29. The lowest BCUT2D eigenvalue weighted by Crippen LogP contribution is -2.39. The fraction of sp³-hybridized carbons (Fsp3) is 0.462. The normalized spacial score (nSPS) is 21.8. The molecule has 4 heteroatoms. The van der Waals surface area contributed by atoms with Crippen LogP contribution in [0.2, 0.25) is 0 Å². The second-order valence-electron chi connectivity index (χ2n) is 5.10. The van der Waals surface area contributed by atoms with E-state index in [0.717, 1.165) is 5.56 Å². The number of hydrogen-bond donors (Lipinski definition) is 1. The molecule has 3 rings (SSSR count). The molecule has 0 amide bonds. The Morgan fingerprint density at radius 1 is 1.41 bits per heavy atom. The minimum Gasteiger partial charge on any atom is -0.487 e. The summed E-state index contributed by atoms with van der Waals surface area (Å²) in [5, 5.41) is 9.96. The number of benzene rings is 1. The standard InChI is InChI=1S/C13H14O4/c1-13(2,15)11-5-8-10(17-11)4-3-7-9(14)6-16-12(7)8/h3-4,11,15H,5-6H2,1-2H3/t11-/m1/s1. The number of Topliss-reactive ketones (excluding diaryl/α,β-unsaturated/α-hetero) is 1. The fourth-order valence-electron chi connectivity index (χ4n) is 2.29. The number of rotatable bonds is 1. The molecule has 0 fully saturated rings. The first-order chi connectivity index (χ1) is 7.97. The Balaban J connectivity index is 2.02. The molecular weight excluding hydrogens is 220 g/mol. The molecule has 0 spiro atoms. The van der Waals surface area contributed by atoms with Crippen LogP contribution < -0.4 is 9.47 Å². The molecule has 1 atom stereocenters. The molecule has 0 saturated carbocycles. The van der Waals surface area contributed by atoms with Crippen molar-refractivity contribution in [3.05, 3.63) is 23.3 Å². The monoisotopic (exact) mass is 234 g/mol. The van der Waals surface area contributed by atoms with E-state index >= 15 is 0 Å². The number of hydrogen-bond acceptors (Lipinski definition) is 4. The van der Waals surface area contributed by atoms with Crippen molar-refractivity contribution in [3.63, 3.8) is 0 Å². The molecule has 0 saturated heterocycles. The van der Waals surface area contributed by atoms with Crippen molar-refractivity contribution in [2.24, 2.45) is 0 Å². The van der Waals surface area contributed by atoms with Crippen LogP contribution in [-0.4, -0.2) is 29.2 Å². The van der Waals surface area contributed by atoms with Crippen molar-refractivity contribution in [3.8, 4) is 11.5 Å². The number of ether oxygens (including phenoxy) is 2. The van der Waals surface area contributed by atoms with Crippen LogP contribution in [0.15, 0.2) is 12.1 Å². The average Bonchev–Trinajstić information content (AvgIpc) is 2.80. The molecule has 0 bridgehead atoms. The van der Waals surface area contributed by atoms with Gasteiger partial charge in [0.1, 0.15) is 17.6 Å². The van der Waals surface area contributed by atoms with Crippen LogP contribution in [0.1, 0.15) is 29.8 Å². The van der Waals surface area contributed by atoms with Crippen LogP contribution >= 0.6 is 0 Å². The molecule has 0 unspecified atom stereocenters. The number of carbonyl (C=O) groups is 1. The molecule has 17 heavy (non-hydrogen) atoms. The van der Waals surface area contributed by atoms with Crippen LogP contribution in [0, 0.1) is 0 Å². The largest absolute Gasteiger partial charge is 0.487 e. The van der Waals surface area contributed by atoms with E-state index < -0.39 is 5.60 Å². The highest BCUT2D eigenvalue weighted by atomic mass is 16.5. The van der Waals surface area contributed by atoms with Crippen LogP contribution in [0.3, 0.4) is 0 Å². The molecule has 1 N–H and O–H groups in total. The third-order valence-electron chi connectivity index (χ3n) is 3.31. The van der Waals surface area contributed by atoms with Gasteiger partial charge in [-0.25, -0.2) is 0 Å². The van der Waals surface area contributed by atoms with Crippen LogP contribution in [0.5, 0.6) is 11.5 Å². The third kappa shape index (κ3) is 1.52. The van der Waals surface area contributed by atoms with Gasteiger partial charge in [0.05, 0.1) is 11.2 Å². The zero-order valence-electron chi connectivity index (χ0n) is 9.82. The van der Waals surface area contributed by atoms with Gasteiger partial charge < -0.3 is 14.6 Å². The molecule has 2 heterocycles. The molecule has 1 aromatic carbocycles. The number of carbonyl (C=O) groups excluding carboxylic acids is 1. The van der Waals surface area contributed by atoms with Gasteiger partial charge in [-0.15, -0.1) is 0 Å². The number of fused-ring (bicyclic) bond motifs is 3. The van der Waals surface area contributed by atoms with E-state index in [1.54, 1.807) is 26.0 Å². The minimum atomic E-state index is -0.908. The van der Waals surface area contributed by atoms with E-state index in [1.807, 2.05) is 0 Å². The Morgan fingerprint density at radius 3 is 2.88 bits per heavy atom. The first-order valence-corrected chi connectivity index (χ1v) is 5.68. The van der Waals surface area contributed by atoms with Crippen molar-refractivity contribution in [1.82, 2.24) is 0 Å². The lowest BCUT2D eigenvalue weighted by atomic mass is 9.96. The second-order valence-corrected chi connectivity index (χ2v) is 5.10. The van der Waals surface area contributed by atoms with Gasteiger partial charge in [-0.3, -0.25) is 4.79 Å². The Hall–Kier alpha value is -1.55. The Kier molecular flexibility index (Phi) is 2.01. The summed E-state index contributed by atoms with van der Waals surface area (Å²) in [4.78, 5) is 11.5. The number of aliphatic hydroxyl groups is 1. The molecule has 2 aliphatic rings. The topological polar surface area (TPSA) is 55.8 Å². The van der Waals surface area contributed by atoms with Gasteiger partial charge in [-0.2, -0.15) is 0 Å².